The maximum atomic E-state index is 13.0. The molecule has 3 aliphatic rings. The van der Waals surface area contributed by atoms with Gasteiger partial charge in [-0.25, -0.2) is 0 Å². The fourth-order valence-electron chi connectivity index (χ4n) is 6.65. The molecule has 0 spiro atoms. The van der Waals surface area contributed by atoms with Crippen LogP contribution in [-0.4, -0.2) is 17.9 Å². The van der Waals surface area contributed by atoms with E-state index >= 15 is 0 Å². The van der Waals surface area contributed by atoms with Crippen LogP contribution in [0.25, 0.3) is 0 Å². The summed E-state index contributed by atoms with van der Waals surface area (Å²) in [6, 6.07) is 0. The highest BCUT2D eigenvalue weighted by Gasteiger charge is 2.65. The number of hydrogen-bond acceptors (Lipinski definition) is 3. The molecule has 3 aliphatic carbocycles. The van der Waals surface area contributed by atoms with Gasteiger partial charge in [-0.1, -0.05) is 33.8 Å². The van der Waals surface area contributed by atoms with Crippen LogP contribution in [0.5, 0.6) is 0 Å². The highest BCUT2D eigenvalue weighted by Crippen LogP contribution is 2.67. The number of hydrogen-bond donors (Lipinski definition) is 0. The Morgan fingerprint density at radius 1 is 1.20 bits per heavy atom. The van der Waals surface area contributed by atoms with E-state index in [1.54, 1.807) is 0 Å². The molecule has 2 bridgehead atoms. The molecule has 0 aromatic carbocycles. The van der Waals surface area contributed by atoms with Gasteiger partial charge in [0.2, 0.25) is 0 Å². The van der Waals surface area contributed by atoms with Crippen molar-refractivity contribution >= 4 is 11.8 Å². The Kier molecular flexibility index (Phi) is 4.45. The third-order valence-corrected chi connectivity index (χ3v) is 8.53. The van der Waals surface area contributed by atoms with Crippen molar-refractivity contribution in [2.45, 2.75) is 79.2 Å². The molecule has 0 saturated heterocycles. The zero-order valence-corrected chi connectivity index (χ0v) is 16.6. The molecule has 0 aromatic heterocycles. The molecule has 3 rings (SSSR count). The zero-order chi connectivity index (χ0) is 18.6. The summed E-state index contributed by atoms with van der Waals surface area (Å²) in [5.74, 6) is 1.06. The molecule has 0 aromatic rings. The van der Waals surface area contributed by atoms with Gasteiger partial charge in [0.1, 0.15) is 11.9 Å². The van der Waals surface area contributed by atoms with E-state index in [9.17, 15) is 9.59 Å². The molecule has 140 valence electrons. The Morgan fingerprint density at radius 3 is 2.48 bits per heavy atom. The highest BCUT2D eigenvalue weighted by molar-refractivity contribution is 5.85. The molecule has 0 unspecified atom stereocenters. The highest BCUT2D eigenvalue weighted by atomic mass is 16.5. The molecule has 0 amide bonds. The van der Waals surface area contributed by atoms with Gasteiger partial charge in [-0.05, 0) is 48.9 Å². The van der Waals surface area contributed by atoms with Crippen LogP contribution in [0, 0.1) is 34.0 Å². The molecule has 0 radical (unpaired) electrons. The summed E-state index contributed by atoms with van der Waals surface area (Å²) in [4.78, 5) is 24.9. The lowest BCUT2D eigenvalue weighted by Gasteiger charge is -2.60. The number of carbonyl (C=O) groups is 2. The molecule has 0 N–H and O–H groups in total. The van der Waals surface area contributed by atoms with Crippen LogP contribution in [0.3, 0.4) is 0 Å². The Labute approximate surface area is 152 Å². The van der Waals surface area contributed by atoms with Crippen molar-refractivity contribution in [3.05, 3.63) is 12.7 Å². The molecule has 7 atom stereocenters. The van der Waals surface area contributed by atoms with Gasteiger partial charge in [-0.15, -0.1) is 6.58 Å². The van der Waals surface area contributed by atoms with E-state index in [2.05, 4.69) is 34.3 Å². The van der Waals surface area contributed by atoms with E-state index in [4.69, 9.17) is 4.74 Å². The van der Waals surface area contributed by atoms with Crippen molar-refractivity contribution < 1.29 is 14.3 Å². The minimum Gasteiger partial charge on any atom is -0.461 e. The maximum Gasteiger partial charge on any atom is 0.302 e. The summed E-state index contributed by atoms with van der Waals surface area (Å²) < 4.78 is 5.91. The Morgan fingerprint density at radius 2 is 1.88 bits per heavy atom. The van der Waals surface area contributed by atoms with Crippen molar-refractivity contribution in [1.82, 2.24) is 0 Å². The zero-order valence-electron chi connectivity index (χ0n) is 16.6. The van der Waals surface area contributed by atoms with Crippen molar-refractivity contribution in [2.75, 3.05) is 0 Å². The Bertz CT molecular complexity index is 596. The number of rotatable bonds is 2. The third-order valence-electron chi connectivity index (χ3n) is 8.53. The summed E-state index contributed by atoms with van der Waals surface area (Å²) in [6.45, 7) is 14.7. The average molecular weight is 347 g/mol. The molecule has 25 heavy (non-hydrogen) atoms. The van der Waals surface area contributed by atoms with Crippen LogP contribution in [-0.2, 0) is 14.3 Å². The molecule has 3 heteroatoms. The topological polar surface area (TPSA) is 43.4 Å². The van der Waals surface area contributed by atoms with Gasteiger partial charge >= 0.3 is 5.97 Å². The summed E-state index contributed by atoms with van der Waals surface area (Å²) in [5.41, 5.74) is -0.221. The predicted octanol–water partition coefficient (Wildman–Crippen LogP) is 4.94. The summed E-state index contributed by atoms with van der Waals surface area (Å²) in [6.07, 6.45) is 7.59. The van der Waals surface area contributed by atoms with Gasteiger partial charge in [-0.3, -0.25) is 9.59 Å². The minimum atomic E-state index is -0.243. The molecule has 3 nitrogen and oxygen atoms in total. The normalized spacial score (nSPS) is 49.7. The first-order chi connectivity index (χ1) is 11.6. The Balaban J connectivity index is 2.15. The predicted molar refractivity (Wildman–Crippen MR) is 98.9 cm³/mol. The van der Waals surface area contributed by atoms with Gasteiger partial charge in [0.05, 0.1) is 0 Å². The first kappa shape index (κ1) is 18.7. The van der Waals surface area contributed by atoms with Crippen LogP contribution in [0.1, 0.15) is 73.1 Å². The fourth-order valence-corrected chi connectivity index (χ4v) is 6.65. The van der Waals surface area contributed by atoms with Crippen LogP contribution >= 0.6 is 0 Å². The van der Waals surface area contributed by atoms with Gasteiger partial charge in [0.15, 0.2) is 0 Å². The number of carbonyl (C=O) groups excluding carboxylic acids is 2. The van der Waals surface area contributed by atoms with Gasteiger partial charge in [0, 0.05) is 30.6 Å². The second-order valence-corrected chi connectivity index (χ2v) is 9.61. The smallest absolute Gasteiger partial charge is 0.302 e. The van der Waals surface area contributed by atoms with E-state index in [0.717, 1.165) is 25.7 Å². The first-order valence-corrected chi connectivity index (χ1v) is 9.94. The van der Waals surface area contributed by atoms with Crippen LogP contribution < -0.4 is 0 Å². The van der Waals surface area contributed by atoms with Crippen molar-refractivity contribution in [1.29, 1.82) is 0 Å². The molecular weight excluding hydrogens is 312 g/mol. The quantitative estimate of drug-likeness (QED) is 0.525. The number of esters is 1. The van der Waals surface area contributed by atoms with E-state index in [1.807, 2.05) is 6.08 Å². The second-order valence-electron chi connectivity index (χ2n) is 9.61. The van der Waals surface area contributed by atoms with Gasteiger partial charge in [-0.2, -0.15) is 0 Å². The van der Waals surface area contributed by atoms with E-state index in [1.165, 1.54) is 13.3 Å². The number of ether oxygens (including phenoxy) is 1. The van der Waals surface area contributed by atoms with Crippen molar-refractivity contribution in [3.63, 3.8) is 0 Å². The van der Waals surface area contributed by atoms with Crippen molar-refractivity contribution in [3.8, 4) is 0 Å². The van der Waals surface area contributed by atoms with Gasteiger partial charge < -0.3 is 4.74 Å². The number of ketones is 1. The average Bonchev–Trinajstić information content (AvgIpc) is 2.92. The van der Waals surface area contributed by atoms with E-state index in [0.29, 0.717) is 18.1 Å². The third kappa shape index (κ3) is 2.52. The molecule has 3 saturated carbocycles. The standard InChI is InChI=1S/C22H34O3/c1-7-20(5)12-13-21(6)14(2)8-10-22(11-9-17(24)18(21)22)15(3)19(20)25-16(4)23/h7,14-15,18-19H,1,8-13H2,2-6H3/t14-,15+,18+,19+,20-,21-,22+/m1/s1. The van der Waals surface area contributed by atoms with Crippen LogP contribution in [0.15, 0.2) is 12.7 Å². The molecular formula is C22H34O3. The van der Waals surface area contributed by atoms with Crippen LogP contribution in [0.4, 0.5) is 0 Å². The molecule has 0 heterocycles. The Hall–Kier alpha value is -1.12. The lowest BCUT2D eigenvalue weighted by molar-refractivity contribution is -0.180. The first-order valence-electron chi connectivity index (χ1n) is 9.94. The molecule has 3 fully saturated rings. The molecule has 0 aliphatic heterocycles. The van der Waals surface area contributed by atoms with Gasteiger partial charge in [0.25, 0.3) is 0 Å². The van der Waals surface area contributed by atoms with Crippen LogP contribution in [0.2, 0.25) is 0 Å². The summed E-state index contributed by atoms with van der Waals surface area (Å²) in [5, 5.41) is 0. The lowest BCUT2D eigenvalue weighted by Crippen LogP contribution is -2.58. The fraction of sp³-hybridized carbons (Fsp3) is 0.818. The monoisotopic (exact) mass is 346 g/mol. The van der Waals surface area contributed by atoms with Crippen molar-refractivity contribution in [2.24, 2.45) is 34.0 Å². The van der Waals surface area contributed by atoms with E-state index < -0.39 is 0 Å². The second kappa shape index (κ2) is 5.96. The summed E-state index contributed by atoms with van der Waals surface area (Å²) >= 11 is 0. The largest absolute Gasteiger partial charge is 0.461 e. The number of Topliss-reactive ketones (excluding diaryl/α,β-unsaturated/α-hetero) is 1. The maximum absolute atomic E-state index is 13.0. The lowest BCUT2D eigenvalue weighted by atomic mass is 9.44. The summed E-state index contributed by atoms with van der Waals surface area (Å²) in [7, 11) is 0. The van der Waals surface area contributed by atoms with E-state index in [-0.39, 0.29) is 40.2 Å². The minimum absolute atomic E-state index is 0.0247. The SMILES string of the molecule is C=C[C@]1(C)CC[C@]2(C)[C@H](C)CC[C@]3(CCC(=O)[C@@H]23)[C@@H](C)[C@@H]1OC(C)=O.